The molecule has 1 aliphatic rings. The lowest BCUT2D eigenvalue weighted by Crippen LogP contribution is -2.32. The molecule has 0 saturated heterocycles. The summed E-state index contributed by atoms with van der Waals surface area (Å²) >= 11 is 0. The molecular formula is C16H15F4N3O2. The lowest BCUT2D eigenvalue weighted by Gasteiger charge is -2.16. The molecule has 5 nitrogen and oxygen atoms in total. The van der Waals surface area contributed by atoms with Crippen LogP contribution in [0.2, 0.25) is 0 Å². The molecule has 134 valence electrons. The van der Waals surface area contributed by atoms with Crippen LogP contribution in [-0.2, 0) is 25.6 Å². The van der Waals surface area contributed by atoms with E-state index in [1.807, 2.05) is 0 Å². The van der Waals surface area contributed by atoms with Crippen molar-refractivity contribution in [2.45, 2.75) is 25.6 Å². The molecule has 1 N–H and O–H groups in total. The van der Waals surface area contributed by atoms with Gasteiger partial charge in [0.15, 0.2) is 0 Å². The Labute approximate surface area is 140 Å². The molecule has 0 unspecified atom stereocenters. The van der Waals surface area contributed by atoms with Crippen LogP contribution in [0, 0.1) is 5.82 Å². The van der Waals surface area contributed by atoms with Gasteiger partial charge in [0.25, 0.3) is 0 Å². The van der Waals surface area contributed by atoms with Gasteiger partial charge in [-0.15, -0.1) is 0 Å². The van der Waals surface area contributed by atoms with E-state index in [0.717, 1.165) is 12.1 Å². The minimum absolute atomic E-state index is 0.0454. The summed E-state index contributed by atoms with van der Waals surface area (Å²) in [7, 11) is 0. The minimum Gasteiger partial charge on any atom is -0.465 e. The number of amides is 1. The van der Waals surface area contributed by atoms with E-state index in [2.05, 4.69) is 4.98 Å². The van der Waals surface area contributed by atoms with Crippen molar-refractivity contribution in [1.82, 2.24) is 14.5 Å². The molecule has 2 aromatic rings. The predicted molar refractivity (Wildman–Crippen MR) is 79.7 cm³/mol. The van der Waals surface area contributed by atoms with Gasteiger partial charge in [-0.05, 0) is 17.7 Å². The summed E-state index contributed by atoms with van der Waals surface area (Å²) in [5, 5.41) is 9.07. The highest BCUT2D eigenvalue weighted by molar-refractivity contribution is 5.64. The molecule has 1 aromatic heterocycles. The molecule has 0 bridgehead atoms. The first-order chi connectivity index (χ1) is 11.8. The molecule has 0 atom stereocenters. The molecule has 1 amide bonds. The Bertz CT molecular complexity index is 801. The van der Waals surface area contributed by atoms with Crippen LogP contribution in [0.4, 0.5) is 22.4 Å². The number of aromatic nitrogens is 2. The molecule has 0 saturated carbocycles. The first-order valence-electron chi connectivity index (χ1n) is 7.62. The molecule has 25 heavy (non-hydrogen) atoms. The van der Waals surface area contributed by atoms with Gasteiger partial charge in [-0.2, -0.15) is 13.2 Å². The SMILES string of the molecule is O=C(O)N1CCc2ncc(Cc3ccc(F)cc3C(F)(F)F)n2CC1. The average molecular weight is 357 g/mol. The standard InChI is InChI=1S/C16H15F4N3O2/c17-11-2-1-10(13(8-11)16(18,19)20)7-12-9-21-14-3-4-22(15(24)25)5-6-23(12)14/h1-2,8-9H,3-7H2,(H,24,25). The van der Waals surface area contributed by atoms with Crippen molar-refractivity contribution in [3.05, 3.63) is 52.9 Å². The molecule has 0 fully saturated rings. The molecule has 2 heterocycles. The molecule has 0 aliphatic carbocycles. The number of benzene rings is 1. The van der Waals surface area contributed by atoms with E-state index < -0.39 is 23.7 Å². The highest BCUT2D eigenvalue weighted by Gasteiger charge is 2.34. The Morgan fingerprint density at radius 3 is 2.68 bits per heavy atom. The van der Waals surface area contributed by atoms with Gasteiger partial charge in [0, 0.05) is 44.4 Å². The summed E-state index contributed by atoms with van der Waals surface area (Å²) in [6.45, 7) is 0.844. The van der Waals surface area contributed by atoms with Crippen LogP contribution in [0.1, 0.15) is 22.6 Å². The number of rotatable bonds is 2. The Kier molecular flexibility index (Phi) is 4.40. The van der Waals surface area contributed by atoms with E-state index in [0.29, 0.717) is 30.6 Å². The largest absolute Gasteiger partial charge is 0.465 e. The maximum absolute atomic E-state index is 13.2. The molecular weight excluding hydrogens is 342 g/mol. The average Bonchev–Trinajstić information content (AvgIpc) is 2.77. The van der Waals surface area contributed by atoms with Gasteiger partial charge in [-0.25, -0.2) is 14.2 Å². The van der Waals surface area contributed by atoms with Crippen LogP contribution in [0.15, 0.2) is 24.4 Å². The van der Waals surface area contributed by atoms with Crippen molar-refractivity contribution in [1.29, 1.82) is 0 Å². The second kappa shape index (κ2) is 6.38. The second-order valence-corrected chi connectivity index (χ2v) is 5.81. The summed E-state index contributed by atoms with van der Waals surface area (Å²) in [6.07, 6.45) is -3.86. The smallest absolute Gasteiger partial charge is 0.416 e. The fourth-order valence-corrected chi connectivity index (χ4v) is 2.99. The van der Waals surface area contributed by atoms with Crippen LogP contribution in [0.25, 0.3) is 0 Å². The van der Waals surface area contributed by atoms with Crippen molar-refractivity contribution in [2.24, 2.45) is 0 Å². The molecule has 9 heteroatoms. The van der Waals surface area contributed by atoms with Gasteiger partial charge in [0.1, 0.15) is 11.6 Å². The molecule has 1 aliphatic heterocycles. The maximum atomic E-state index is 13.2. The van der Waals surface area contributed by atoms with Crippen molar-refractivity contribution >= 4 is 6.09 Å². The topological polar surface area (TPSA) is 58.4 Å². The third kappa shape index (κ3) is 3.59. The van der Waals surface area contributed by atoms with Gasteiger partial charge in [0.2, 0.25) is 0 Å². The van der Waals surface area contributed by atoms with Gasteiger partial charge >= 0.3 is 12.3 Å². The van der Waals surface area contributed by atoms with E-state index >= 15 is 0 Å². The first kappa shape index (κ1) is 17.2. The summed E-state index contributed by atoms with van der Waals surface area (Å²) < 4.78 is 54.4. The van der Waals surface area contributed by atoms with Crippen molar-refractivity contribution in [3.63, 3.8) is 0 Å². The zero-order valence-electron chi connectivity index (χ0n) is 13.1. The number of carboxylic acid groups (broad SMARTS) is 1. The number of hydrogen-bond acceptors (Lipinski definition) is 2. The fraction of sp³-hybridized carbons (Fsp3) is 0.375. The van der Waals surface area contributed by atoms with Crippen LogP contribution >= 0.6 is 0 Å². The quantitative estimate of drug-likeness (QED) is 0.840. The van der Waals surface area contributed by atoms with Gasteiger partial charge in [-0.1, -0.05) is 6.07 Å². The minimum atomic E-state index is -4.65. The van der Waals surface area contributed by atoms with Crippen LogP contribution in [0.3, 0.4) is 0 Å². The second-order valence-electron chi connectivity index (χ2n) is 5.81. The monoisotopic (exact) mass is 357 g/mol. The summed E-state index contributed by atoms with van der Waals surface area (Å²) in [4.78, 5) is 16.5. The third-order valence-corrected chi connectivity index (χ3v) is 4.24. The van der Waals surface area contributed by atoms with E-state index in [9.17, 15) is 22.4 Å². The molecule has 0 radical (unpaired) electrons. The van der Waals surface area contributed by atoms with Gasteiger partial charge in [-0.3, -0.25) is 0 Å². The fourth-order valence-electron chi connectivity index (χ4n) is 2.99. The molecule has 3 rings (SSSR count). The lowest BCUT2D eigenvalue weighted by molar-refractivity contribution is -0.138. The van der Waals surface area contributed by atoms with E-state index in [-0.39, 0.29) is 25.1 Å². The first-order valence-corrected chi connectivity index (χ1v) is 7.62. The number of nitrogens with zero attached hydrogens (tertiary/aromatic N) is 3. The highest BCUT2D eigenvalue weighted by Crippen LogP contribution is 2.33. The summed E-state index contributed by atoms with van der Waals surface area (Å²) in [5.74, 6) is -0.310. The van der Waals surface area contributed by atoms with Gasteiger partial charge < -0.3 is 14.6 Å². The Morgan fingerprint density at radius 1 is 1.24 bits per heavy atom. The molecule has 0 spiro atoms. The number of hydrogen-bond donors (Lipinski definition) is 1. The third-order valence-electron chi connectivity index (χ3n) is 4.24. The maximum Gasteiger partial charge on any atom is 0.416 e. The van der Waals surface area contributed by atoms with Crippen LogP contribution in [0.5, 0.6) is 0 Å². The van der Waals surface area contributed by atoms with E-state index in [1.165, 1.54) is 11.1 Å². The normalized spacial score (nSPS) is 15.0. The van der Waals surface area contributed by atoms with Crippen molar-refractivity contribution < 1.29 is 27.5 Å². The highest BCUT2D eigenvalue weighted by atomic mass is 19.4. The van der Waals surface area contributed by atoms with Crippen LogP contribution < -0.4 is 0 Å². The number of carbonyl (C=O) groups is 1. The lowest BCUT2D eigenvalue weighted by atomic mass is 10.0. The Hall–Kier alpha value is -2.58. The Morgan fingerprint density at radius 2 is 2.00 bits per heavy atom. The number of fused-ring (bicyclic) bond motifs is 1. The van der Waals surface area contributed by atoms with E-state index in [1.54, 1.807) is 4.57 Å². The number of alkyl halides is 3. The molecule has 1 aromatic carbocycles. The van der Waals surface area contributed by atoms with Crippen molar-refractivity contribution in [2.75, 3.05) is 13.1 Å². The van der Waals surface area contributed by atoms with Gasteiger partial charge in [0.05, 0.1) is 5.56 Å². The number of halogens is 4. The zero-order valence-corrected chi connectivity index (χ0v) is 13.1. The Balaban J connectivity index is 1.90. The predicted octanol–water partition coefficient (Wildman–Crippen LogP) is 3.17. The van der Waals surface area contributed by atoms with Crippen molar-refractivity contribution in [3.8, 4) is 0 Å². The van der Waals surface area contributed by atoms with Crippen LogP contribution in [-0.4, -0.2) is 38.7 Å². The summed E-state index contributed by atoms with van der Waals surface area (Å²) in [6, 6.07) is 2.61. The zero-order chi connectivity index (χ0) is 18.2. The van der Waals surface area contributed by atoms with E-state index in [4.69, 9.17) is 5.11 Å². The number of imidazole rings is 1. The summed E-state index contributed by atoms with van der Waals surface area (Å²) in [5.41, 5.74) is -0.515.